The predicted octanol–water partition coefficient (Wildman–Crippen LogP) is 6.57. The SMILES string of the molecule is CCC(C)/C(=C(\C(=O)c1ccc(F)cc1Cl)C(O)c1cccnc1)c1ccc(F)cc1F. The van der Waals surface area contributed by atoms with Crippen LogP contribution in [0.2, 0.25) is 5.02 Å². The second-order valence-electron chi connectivity index (χ2n) is 7.40. The summed E-state index contributed by atoms with van der Waals surface area (Å²) in [5, 5.41) is 11.1. The molecule has 7 heteroatoms. The molecule has 1 heterocycles. The monoisotopic (exact) mass is 459 g/mol. The minimum absolute atomic E-state index is 0.00901. The molecular formula is C25H21ClF3NO2. The van der Waals surface area contributed by atoms with Gasteiger partial charge in [0, 0.05) is 40.7 Å². The van der Waals surface area contributed by atoms with Gasteiger partial charge < -0.3 is 5.11 Å². The summed E-state index contributed by atoms with van der Waals surface area (Å²) in [7, 11) is 0. The fourth-order valence-corrected chi connectivity index (χ4v) is 3.76. The first kappa shape index (κ1) is 23.7. The number of pyridine rings is 1. The number of ketones is 1. The Labute approximate surface area is 189 Å². The van der Waals surface area contributed by atoms with Crippen molar-refractivity contribution in [3.05, 3.63) is 106 Å². The third-order valence-electron chi connectivity index (χ3n) is 5.31. The Kier molecular flexibility index (Phi) is 7.48. The normalized spacial score (nSPS) is 14.0. The maximum atomic E-state index is 14.9. The van der Waals surface area contributed by atoms with Crippen LogP contribution in [0, 0.1) is 23.4 Å². The van der Waals surface area contributed by atoms with E-state index in [4.69, 9.17) is 11.6 Å². The van der Waals surface area contributed by atoms with Crippen molar-refractivity contribution in [2.75, 3.05) is 0 Å². The van der Waals surface area contributed by atoms with Crippen molar-refractivity contribution < 1.29 is 23.1 Å². The second-order valence-corrected chi connectivity index (χ2v) is 7.81. The number of aliphatic hydroxyl groups is 1. The van der Waals surface area contributed by atoms with Gasteiger partial charge in [-0.1, -0.05) is 31.5 Å². The zero-order valence-corrected chi connectivity index (χ0v) is 18.2. The largest absolute Gasteiger partial charge is 0.383 e. The molecule has 0 aliphatic heterocycles. The van der Waals surface area contributed by atoms with E-state index in [0.29, 0.717) is 12.0 Å². The molecule has 0 saturated carbocycles. The first-order valence-corrected chi connectivity index (χ1v) is 10.4. The van der Waals surface area contributed by atoms with Gasteiger partial charge in [0.15, 0.2) is 5.78 Å². The van der Waals surface area contributed by atoms with Crippen molar-refractivity contribution in [3.63, 3.8) is 0 Å². The fraction of sp³-hybridized carbons (Fsp3) is 0.200. The Morgan fingerprint density at radius 1 is 1.06 bits per heavy atom. The Bertz CT molecular complexity index is 1170. The van der Waals surface area contributed by atoms with E-state index in [1.54, 1.807) is 19.1 Å². The van der Waals surface area contributed by atoms with Crippen molar-refractivity contribution in [2.45, 2.75) is 26.4 Å². The summed E-state index contributed by atoms with van der Waals surface area (Å²) in [4.78, 5) is 17.6. The van der Waals surface area contributed by atoms with Crippen molar-refractivity contribution in [2.24, 2.45) is 5.92 Å². The van der Waals surface area contributed by atoms with Gasteiger partial charge in [-0.2, -0.15) is 0 Å². The number of rotatable bonds is 7. The van der Waals surface area contributed by atoms with Gasteiger partial charge in [-0.15, -0.1) is 0 Å². The van der Waals surface area contributed by atoms with Gasteiger partial charge in [0.05, 0.1) is 5.02 Å². The summed E-state index contributed by atoms with van der Waals surface area (Å²) < 4.78 is 42.0. The fourth-order valence-electron chi connectivity index (χ4n) is 3.50. The molecule has 1 aromatic heterocycles. The van der Waals surface area contributed by atoms with Crippen molar-refractivity contribution >= 4 is 23.0 Å². The molecule has 0 aliphatic rings. The molecule has 0 aliphatic carbocycles. The minimum Gasteiger partial charge on any atom is -0.383 e. The summed E-state index contributed by atoms with van der Waals surface area (Å²) >= 11 is 6.13. The first-order valence-electron chi connectivity index (χ1n) is 10.0. The quantitative estimate of drug-likeness (QED) is 0.321. The molecule has 0 fully saturated rings. The van der Waals surface area contributed by atoms with Crippen LogP contribution in [0.1, 0.15) is 47.9 Å². The number of aliphatic hydroxyl groups excluding tert-OH is 1. The molecule has 2 aromatic carbocycles. The number of hydrogen-bond donors (Lipinski definition) is 1. The highest BCUT2D eigenvalue weighted by Crippen LogP contribution is 2.39. The molecule has 0 saturated heterocycles. The number of carbonyl (C=O) groups is 1. The first-order chi connectivity index (χ1) is 15.2. The molecule has 0 spiro atoms. The van der Waals surface area contributed by atoms with Crippen molar-refractivity contribution in [3.8, 4) is 0 Å². The topological polar surface area (TPSA) is 50.2 Å². The maximum Gasteiger partial charge on any atom is 0.193 e. The lowest BCUT2D eigenvalue weighted by atomic mass is 9.81. The van der Waals surface area contributed by atoms with Crippen LogP contribution in [0.3, 0.4) is 0 Å². The zero-order chi connectivity index (χ0) is 23.4. The molecule has 166 valence electrons. The molecule has 1 N–H and O–H groups in total. The highest BCUT2D eigenvalue weighted by molar-refractivity contribution is 6.35. The molecule has 3 rings (SSSR count). The van der Waals surface area contributed by atoms with Crippen LogP contribution in [0.5, 0.6) is 0 Å². The van der Waals surface area contributed by atoms with Gasteiger partial charge in [0.25, 0.3) is 0 Å². The second kappa shape index (κ2) is 10.1. The summed E-state index contributed by atoms with van der Waals surface area (Å²) in [5.74, 6) is -3.34. The van der Waals surface area contributed by atoms with Gasteiger partial charge in [-0.05, 0) is 54.3 Å². The number of carbonyl (C=O) groups excluding carboxylic acids is 1. The minimum atomic E-state index is -1.48. The molecule has 2 unspecified atom stereocenters. The van der Waals surface area contributed by atoms with E-state index in [9.17, 15) is 23.1 Å². The maximum absolute atomic E-state index is 14.9. The Morgan fingerprint density at radius 3 is 2.28 bits per heavy atom. The summed E-state index contributed by atoms with van der Waals surface area (Å²) in [6.45, 7) is 3.61. The lowest BCUT2D eigenvalue weighted by molar-refractivity contribution is 0.0987. The highest BCUT2D eigenvalue weighted by Gasteiger charge is 2.31. The van der Waals surface area contributed by atoms with Gasteiger partial charge in [-0.25, -0.2) is 13.2 Å². The molecule has 0 radical (unpaired) electrons. The third kappa shape index (κ3) is 4.92. The van der Waals surface area contributed by atoms with Crippen LogP contribution in [-0.4, -0.2) is 15.9 Å². The average Bonchev–Trinajstić information content (AvgIpc) is 2.77. The van der Waals surface area contributed by atoms with Crippen molar-refractivity contribution in [1.29, 1.82) is 0 Å². The summed E-state index contributed by atoms with van der Waals surface area (Å²) in [6.07, 6.45) is 1.91. The Hall–Kier alpha value is -2.96. The van der Waals surface area contributed by atoms with Gasteiger partial charge in [-0.3, -0.25) is 9.78 Å². The molecule has 32 heavy (non-hydrogen) atoms. The Balaban J connectivity index is 2.35. The highest BCUT2D eigenvalue weighted by atomic mass is 35.5. The third-order valence-corrected chi connectivity index (χ3v) is 5.62. The zero-order valence-electron chi connectivity index (χ0n) is 17.4. The van der Waals surface area contributed by atoms with E-state index >= 15 is 0 Å². The standard InChI is InChI=1S/C25H21ClF3NO2/c1-3-14(2)22(19-9-7-17(28)12-21(19)29)23(24(31)15-5-4-10-30-13-15)25(32)18-8-6-16(27)11-20(18)26/h4-14,24,31H,3H2,1-2H3/b23-22+. The van der Waals surface area contributed by atoms with Crippen LogP contribution < -0.4 is 0 Å². The van der Waals surface area contributed by atoms with E-state index in [2.05, 4.69) is 4.98 Å². The molecule has 0 amide bonds. The molecule has 3 nitrogen and oxygen atoms in total. The van der Waals surface area contributed by atoms with E-state index in [1.165, 1.54) is 24.5 Å². The number of allylic oxidation sites excluding steroid dienone is 1. The number of Topliss-reactive ketones (excluding diaryl/α,β-unsaturated/α-hetero) is 1. The summed E-state index contributed by atoms with van der Waals surface area (Å²) in [5.41, 5.74) is 0.329. The number of halogens is 4. The molecule has 0 bridgehead atoms. The number of nitrogens with zero attached hydrogens (tertiary/aromatic N) is 1. The van der Waals surface area contributed by atoms with Crippen LogP contribution in [-0.2, 0) is 0 Å². The van der Waals surface area contributed by atoms with Crippen molar-refractivity contribution in [1.82, 2.24) is 4.98 Å². The summed E-state index contributed by atoms with van der Waals surface area (Å²) in [6, 6.07) is 9.50. The number of hydrogen-bond acceptors (Lipinski definition) is 3. The smallest absolute Gasteiger partial charge is 0.193 e. The van der Waals surface area contributed by atoms with E-state index < -0.39 is 29.3 Å². The average molecular weight is 460 g/mol. The van der Waals surface area contributed by atoms with Crippen LogP contribution >= 0.6 is 11.6 Å². The lowest BCUT2D eigenvalue weighted by Gasteiger charge is -2.24. The molecule has 3 aromatic rings. The molecule has 2 atom stereocenters. The van der Waals surface area contributed by atoms with E-state index in [0.717, 1.165) is 24.3 Å². The van der Waals surface area contributed by atoms with E-state index in [1.807, 2.05) is 6.92 Å². The van der Waals surface area contributed by atoms with Crippen LogP contribution in [0.25, 0.3) is 5.57 Å². The van der Waals surface area contributed by atoms with Gasteiger partial charge in [0.2, 0.25) is 0 Å². The van der Waals surface area contributed by atoms with E-state index in [-0.39, 0.29) is 33.2 Å². The Morgan fingerprint density at radius 2 is 1.72 bits per heavy atom. The van der Waals surface area contributed by atoms with Crippen LogP contribution in [0.15, 0.2) is 66.5 Å². The van der Waals surface area contributed by atoms with Crippen LogP contribution in [0.4, 0.5) is 13.2 Å². The lowest BCUT2D eigenvalue weighted by Crippen LogP contribution is -2.18. The molecular weight excluding hydrogens is 439 g/mol. The number of aromatic nitrogens is 1. The number of benzene rings is 2. The predicted molar refractivity (Wildman–Crippen MR) is 118 cm³/mol. The van der Waals surface area contributed by atoms with Gasteiger partial charge in [0.1, 0.15) is 23.6 Å². The van der Waals surface area contributed by atoms with Gasteiger partial charge >= 0.3 is 0 Å².